The molecule has 1 unspecified atom stereocenters. The third-order valence-corrected chi connectivity index (χ3v) is 7.52. The number of carbonyl (C=O) groups excluding carboxylic acids is 3. The standard InChI is InChI=1S/C16H20N2O7S.C5H10O2/c1-6-25-15(23)10(17-24-4)9(19)7-8-12(20)18-11(14(21)22)16(2,3)26(5)13(8)18;1-5(2,3)4(6)7/h7,11,13H,5-6H2,1-4H3,(H,21,22);1-3H3,(H,6,7)/b8-7?,17-10-;/t11-,13+,26?;/m0./s1. The van der Waals surface area contributed by atoms with Crippen LogP contribution in [0.25, 0.3) is 0 Å². The van der Waals surface area contributed by atoms with Gasteiger partial charge in [0.05, 0.1) is 17.6 Å². The minimum absolute atomic E-state index is 0.0393. The summed E-state index contributed by atoms with van der Waals surface area (Å²) in [6.45, 7) is 10.0. The maximum absolute atomic E-state index is 12.4. The average Bonchev–Trinajstić information content (AvgIpc) is 2.87. The van der Waals surface area contributed by atoms with Gasteiger partial charge in [0.1, 0.15) is 18.5 Å². The predicted molar refractivity (Wildman–Crippen MR) is 122 cm³/mol. The number of aliphatic carboxylic acids is 2. The Morgan fingerprint density at radius 2 is 1.76 bits per heavy atom. The lowest BCUT2D eigenvalue weighted by Crippen LogP contribution is -2.58. The highest BCUT2D eigenvalue weighted by molar-refractivity contribution is 8.16. The van der Waals surface area contributed by atoms with Crippen molar-refractivity contribution in [1.82, 2.24) is 4.90 Å². The van der Waals surface area contributed by atoms with Crippen LogP contribution in [-0.2, 0) is 33.5 Å². The first-order chi connectivity index (χ1) is 15.0. The zero-order chi connectivity index (χ0) is 25.9. The first-order valence-corrected chi connectivity index (χ1v) is 11.4. The van der Waals surface area contributed by atoms with Crippen molar-refractivity contribution in [3.63, 3.8) is 0 Å². The normalized spacial score (nSPS) is 24.8. The molecule has 2 rings (SSSR count). The molecule has 2 saturated heterocycles. The number of carboxylic acids is 2. The van der Waals surface area contributed by atoms with E-state index in [0.29, 0.717) is 0 Å². The number of fused-ring (bicyclic) bond motifs is 1. The van der Waals surface area contributed by atoms with Crippen molar-refractivity contribution in [2.24, 2.45) is 10.6 Å². The Kier molecular flexibility index (Phi) is 8.73. The molecule has 0 aromatic heterocycles. The van der Waals surface area contributed by atoms with E-state index in [9.17, 15) is 29.1 Å². The number of esters is 1. The smallest absolute Gasteiger partial charge is 0.364 e. The summed E-state index contributed by atoms with van der Waals surface area (Å²) in [5.74, 6) is -0.243. The van der Waals surface area contributed by atoms with E-state index >= 15 is 0 Å². The van der Waals surface area contributed by atoms with Gasteiger partial charge in [-0.3, -0.25) is 14.4 Å². The van der Waals surface area contributed by atoms with E-state index in [-0.39, 0.29) is 12.2 Å². The lowest BCUT2D eigenvalue weighted by Gasteiger charge is -2.39. The van der Waals surface area contributed by atoms with Crippen molar-refractivity contribution < 1.29 is 43.8 Å². The number of hydrogen-bond donors (Lipinski definition) is 2. The SMILES string of the molecule is C=S1[C@@H]2C(=CC(=O)/C(=N/OC)C(=O)OCC)C(=O)N2[C@@H](C(=O)O)C1(C)C.CC(C)(C)C(=O)O. The molecule has 2 aliphatic heterocycles. The van der Waals surface area contributed by atoms with Crippen LogP contribution >= 0.6 is 10.5 Å². The van der Waals surface area contributed by atoms with Gasteiger partial charge in [-0.2, -0.15) is 10.5 Å². The summed E-state index contributed by atoms with van der Waals surface area (Å²) < 4.78 is 3.99. The number of rotatable bonds is 6. The molecule has 0 radical (unpaired) electrons. The molecular formula is C21H30N2O9S. The predicted octanol–water partition coefficient (Wildman–Crippen LogP) is 1.28. The molecule has 2 N–H and O–H groups in total. The third kappa shape index (κ3) is 5.67. The molecule has 0 aliphatic carbocycles. The van der Waals surface area contributed by atoms with E-state index < -0.39 is 67.4 Å². The molecule has 11 nitrogen and oxygen atoms in total. The summed E-state index contributed by atoms with van der Waals surface area (Å²) in [4.78, 5) is 64.0. The first kappa shape index (κ1) is 28.0. The number of carboxylic acid groups (broad SMARTS) is 2. The highest BCUT2D eigenvalue weighted by atomic mass is 32.2. The van der Waals surface area contributed by atoms with E-state index in [0.717, 1.165) is 6.08 Å². The van der Waals surface area contributed by atoms with Gasteiger partial charge < -0.3 is 24.7 Å². The van der Waals surface area contributed by atoms with Gasteiger partial charge in [0, 0.05) is 4.75 Å². The molecular weight excluding hydrogens is 456 g/mol. The van der Waals surface area contributed by atoms with Gasteiger partial charge >= 0.3 is 17.9 Å². The number of amides is 1. The van der Waals surface area contributed by atoms with Crippen LogP contribution in [0.2, 0.25) is 0 Å². The van der Waals surface area contributed by atoms with Crippen LogP contribution in [0, 0.1) is 5.41 Å². The Hall–Kier alpha value is -3.02. The van der Waals surface area contributed by atoms with Crippen LogP contribution in [0.15, 0.2) is 16.8 Å². The Morgan fingerprint density at radius 1 is 1.24 bits per heavy atom. The molecule has 0 spiro atoms. The fourth-order valence-electron chi connectivity index (χ4n) is 2.99. The number of nitrogens with zero attached hydrogens (tertiary/aromatic N) is 2. The van der Waals surface area contributed by atoms with Crippen LogP contribution in [0.4, 0.5) is 0 Å². The molecule has 2 heterocycles. The van der Waals surface area contributed by atoms with E-state index in [1.54, 1.807) is 41.5 Å². The van der Waals surface area contributed by atoms with Crippen LogP contribution < -0.4 is 0 Å². The quantitative estimate of drug-likeness (QED) is 0.107. The molecule has 0 saturated carbocycles. The fourth-order valence-corrected chi connectivity index (χ4v) is 5.03. The van der Waals surface area contributed by atoms with Crippen molar-refractivity contribution in [3.8, 4) is 0 Å². The molecule has 2 fully saturated rings. The van der Waals surface area contributed by atoms with Crippen molar-refractivity contribution in [3.05, 3.63) is 11.6 Å². The number of oxime groups is 1. The zero-order valence-electron chi connectivity index (χ0n) is 19.7. The Bertz CT molecular complexity index is 944. The number of hydrogen-bond acceptors (Lipinski definition) is 8. The Labute approximate surface area is 194 Å². The number of allylic oxidation sites excluding steroid dienone is 1. The second-order valence-corrected chi connectivity index (χ2v) is 11.1. The van der Waals surface area contributed by atoms with Gasteiger partial charge in [0.2, 0.25) is 11.5 Å². The van der Waals surface area contributed by atoms with Gasteiger partial charge in [-0.05, 0) is 47.6 Å². The summed E-state index contributed by atoms with van der Waals surface area (Å²) in [5.41, 5.74) is -1.07. The van der Waals surface area contributed by atoms with Gasteiger partial charge in [-0.15, -0.1) is 0 Å². The van der Waals surface area contributed by atoms with Crippen molar-refractivity contribution >= 4 is 51.7 Å². The highest BCUT2D eigenvalue weighted by Gasteiger charge is 2.62. The molecule has 0 aromatic rings. The fraction of sp³-hybridized carbons (Fsp3) is 0.571. The summed E-state index contributed by atoms with van der Waals surface area (Å²) in [6.07, 6.45) is 0.990. The van der Waals surface area contributed by atoms with E-state index in [2.05, 4.69) is 15.9 Å². The third-order valence-electron chi connectivity index (χ3n) is 4.93. The molecule has 184 valence electrons. The number of ether oxygens (including phenoxy) is 1. The maximum atomic E-state index is 12.4. The van der Waals surface area contributed by atoms with Gasteiger partial charge in [0.25, 0.3) is 5.91 Å². The van der Waals surface area contributed by atoms with Gasteiger partial charge in [0.15, 0.2) is 0 Å². The topological polar surface area (TPSA) is 160 Å². The van der Waals surface area contributed by atoms with Gasteiger partial charge in [-0.1, -0.05) is 11.0 Å². The summed E-state index contributed by atoms with van der Waals surface area (Å²) in [6, 6.07) is -1.02. The summed E-state index contributed by atoms with van der Waals surface area (Å²) >= 11 is 0. The summed E-state index contributed by atoms with van der Waals surface area (Å²) in [5, 5.41) is 20.5. The largest absolute Gasteiger partial charge is 0.481 e. The second-order valence-electron chi connectivity index (χ2n) is 8.70. The Balaban J connectivity index is 0.000000675. The lowest BCUT2D eigenvalue weighted by molar-refractivity contribution is -0.152. The molecule has 0 aromatic carbocycles. The average molecular weight is 487 g/mol. The minimum Gasteiger partial charge on any atom is -0.481 e. The van der Waals surface area contributed by atoms with Crippen molar-refractivity contribution in [1.29, 1.82) is 0 Å². The van der Waals surface area contributed by atoms with Crippen LogP contribution in [0.1, 0.15) is 41.5 Å². The molecule has 1 amide bonds. The maximum Gasteiger partial charge on any atom is 0.364 e. The monoisotopic (exact) mass is 486 g/mol. The summed E-state index contributed by atoms with van der Waals surface area (Å²) in [7, 11) is 0.413. The Morgan fingerprint density at radius 3 is 2.15 bits per heavy atom. The second kappa shape index (κ2) is 10.3. The molecule has 0 bridgehead atoms. The van der Waals surface area contributed by atoms with E-state index in [4.69, 9.17) is 9.84 Å². The van der Waals surface area contributed by atoms with Crippen LogP contribution in [-0.4, -0.2) is 86.2 Å². The first-order valence-electron chi connectivity index (χ1n) is 9.89. The zero-order valence-corrected chi connectivity index (χ0v) is 20.5. The minimum atomic E-state index is -1.12. The molecule has 2 aliphatic rings. The lowest BCUT2D eigenvalue weighted by atomic mass is 9.95. The number of ketones is 1. The molecule has 3 atom stereocenters. The van der Waals surface area contributed by atoms with Crippen LogP contribution in [0.3, 0.4) is 0 Å². The van der Waals surface area contributed by atoms with Crippen molar-refractivity contribution in [2.45, 2.75) is 57.7 Å². The van der Waals surface area contributed by atoms with Gasteiger partial charge in [-0.25, -0.2) is 9.59 Å². The van der Waals surface area contributed by atoms with E-state index in [1.807, 2.05) is 0 Å². The van der Waals surface area contributed by atoms with Crippen LogP contribution in [0.5, 0.6) is 0 Å². The number of β-lactam (4-membered cyclic amide) rings is 1. The van der Waals surface area contributed by atoms with Crippen molar-refractivity contribution in [2.75, 3.05) is 13.7 Å². The van der Waals surface area contributed by atoms with E-state index in [1.165, 1.54) is 12.0 Å². The molecule has 12 heteroatoms. The molecule has 33 heavy (non-hydrogen) atoms. The highest BCUT2D eigenvalue weighted by Crippen LogP contribution is 2.56. The number of carbonyl (C=O) groups is 5.